The Labute approximate surface area is 107 Å². The van der Waals surface area contributed by atoms with Crippen molar-refractivity contribution in [1.82, 2.24) is 9.97 Å². The van der Waals surface area contributed by atoms with E-state index in [0.717, 1.165) is 16.8 Å². The number of nitrogens with one attached hydrogen (secondary N) is 1. The van der Waals surface area contributed by atoms with Gasteiger partial charge in [0.15, 0.2) is 0 Å². The summed E-state index contributed by atoms with van der Waals surface area (Å²) in [6, 6.07) is 9.67. The highest BCUT2D eigenvalue weighted by Gasteiger charge is 2.07. The summed E-state index contributed by atoms with van der Waals surface area (Å²) in [5, 5.41) is 13.1. The molecule has 0 spiro atoms. The van der Waals surface area contributed by atoms with Crippen LogP contribution in [0.25, 0.3) is 0 Å². The molecule has 0 fully saturated rings. The van der Waals surface area contributed by atoms with Gasteiger partial charge in [0.1, 0.15) is 0 Å². The molecule has 2 N–H and O–H groups in total. The smallest absolute Gasteiger partial charge is 0.222 e. The van der Waals surface area contributed by atoms with Crippen molar-refractivity contribution >= 4 is 5.95 Å². The van der Waals surface area contributed by atoms with Gasteiger partial charge < -0.3 is 10.4 Å². The molecule has 1 aromatic carbocycles. The zero-order valence-corrected chi connectivity index (χ0v) is 10.6. The number of aliphatic hydroxyl groups excluding tert-OH is 1. The molecule has 0 aliphatic rings. The molecular formula is C14H17N3O. The summed E-state index contributed by atoms with van der Waals surface area (Å²) in [7, 11) is 0. The summed E-state index contributed by atoms with van der Waals surface area (Å²) in [4.78, 5) is 8.31. The van der Waals surface area contributed by atoms with Gasteiger partial charge in [0.25, 0.3) is 0 Å². The SMILES string of the molecule is Cc1cccc(C(O)CNc2nccc(C)n2)c1. The predicted octanol–water partition coefficient (Wildman–Crippen LogP) is 2.24. The van der Waals surface area contributed by atoms with Crippen LogP contribution in [0.1, 0.15) is 22.9 Å². The van der Waals surface area contributed by atoms with E-state index in [2.05, 4.69) is 15.3 Å². The lowest BCUT2D eigenvalue weighted by Crippen LogP contribution is -2.14. The minimum atomic E-state index is -0.561. The van der Waals surface area contributed by atoms with Gasteiger partial charge in [-0.25, -0.2) is 9.97 Å². The van der Waals surface area contributed by atoms with E-state index < -0.39 is 6.10 Å². The van der Waals surface area contributed by atoms with E-state index in [9.17, 15) is 5.11 Å². The van der Waals surface area contributed by atoms with Crippen LogP contribution in [-0.2, 0) is 0 Å². The second-order valence-corrected chi connectivity index (χ2v) is 4.33. The molecule has 2 aromatic rings. The number of nitrogens with zero attached hydrogens (tertiary/aromatic N) is 2. The van der Waals surface area contributed by atoms with Crippen molar-refractivity contribution in [3.8, 4) is 0 Å². The number of hydrogen-bond donors (Lipinski definition) is 2. The van der Waals surface area contributed by atoms with Gasteiger partial charge >= 0.3 is 0 Å². The quantitative estimate of drug-likeness (QED) is 0.864. The van der Waals surface area contributed by atoms with Crippen molar-refractivity contribution in [3.05, 3.63) is 53.3 Å². The summed E-state index contributed by atoms with van der Waals surface area (Å²) in [6.07, 6.45) is 1.14. The molecule has 0 saturated heterocycles. The van der Waals surface area contributed by atoms with Crippen molar-refractivity contribution in [1.29, 1.82) is 0 Å². The van der Waals surface area contributed by atoms with Gasteiger partial charge in [0.2, 0.25) is 5.95 Å². The largest absolute Gasteiger partial charge is 0.387 e. The number of hydrogen-bond acceptors (Lipinski definition) is 4. The van der Waals surface area contributed by atoms with Crippen LogP contribution in [0.15, 0.2) is 36.5 Å². The highest BCUT2D eigenvalue weighted by Crippen LogP contribution is 2.14. The first-order valence-electron chi connectivity index (χ1n) is 5.93. The number of aromatic nitrogens is 2. The first-order valence-corrected chi connectivity index (χ1v) is 5.93. The maximum absolute atomic E-state index is 10.1. The fraction of sp³-hybridized carbons (Fsp3) is 0.286. The standard InChI is InChI=1S/C14H17N3O/c1-10-4-3-5-12(8-10)13(18)9-16-14-15-7-6-11(2)17-14/h3-8,13,18H,9H2,1-2H3,(H,15,16,17). The van der Waals surface area contributed by atoms with Crippen molar-refractivity contribution < 1.29 is 5.11 Å². The van der Waals surface area contributed by atoms with Gasteiger partial charge in [-0.15, -0.1) is 0 Å². The topological polar surface area (TPSA) is 58.0 Å². The third kappa shape index (κ3) is 3.28. The molecule has 1 aromatic heterocycles. The molecule has 0 aliphatic heterocycles. The third-order valence-corrected chi connectivity index (χ3v) is 2.68. The van der Waals surface area contributed by atoms with Gasteiger partial charge in [-0.3, -0.25) is 0 Å². The first-order chi connectivity index (χ1) is 8.65. The number of aliphatic hydroxyl groups is 1. The van der Waals surface area contributed by atoms with Crippen molar-refractivity contribution in [2.75, 3.05) is 11.9 Å². The normalized spacial score (nSPS) is 12.2. The molecule has 1 heterocycles. The lowest BCUT2D eigenvalue weighted by atomic mass is 10.1. The van der Waals surface area contributed by atoms with E-state index in [1.807, 2.05) is 44.2 Å². The lowest BCUT2D eigenvalue weighted by Gasteiger charge is -2.12. The molecule has 1 unspecified atom stereocenters. The average Bonchev–Trinajstić information content (AvgIpc) is 2.36. The van der Waals surface area contributed by atoms with E-state index in [1.165, 1.54) is 0 Å². The Balaban J connectivity index is 1.98. The van der Waals surface area contributed by atoms with E-state index >= 15 is 0 Å². The molecule has 0 radical (unpaired) electrons. The summed E-state index contributed by atoms with van der Waals surface area (Å²) in [5.41, 5.74) is 2.94. The van der Waals surface area contributed by atoms with Crippen LogP contribution in [0.2, 0.25) is 0 Å². The Kier molecular flexibility index (Phi) is 3.89. The molecule has 4 heteroatoms. The van der Waals surface area contributed by atoms with Gasteiger partial charge in [-0.1, -0.05) is 29.8 Å². The number of anilines is 1. The second kappa shape index (κ2) is 5.60. The Bertz CT molecular complexity index is 528. The van der Waals surface area contributed by atoms with Gasteiger partial charge in [0.05, 0.1) is 6.10 Å². The lowest BCUT2D eigenvalue weighted by molar-refractivity contribution is 0.191. The second-order valence-electron chi connectivity index (χ2n) is 4.33. The first kappa shape index (κ1) is 12.5. The highest BCUT2D eigenvalue weighted by atomic mass is 16.3. The molecule has 18 heavy (non-hydrogen) atoms. The summed E-state index contributed by atoms with van der Waals surface area (Å²) in [5.74, 6) is 0.543. The van der Waals surface area contributed by atoms with Gasteiger partial charge in [-0.05, 0) is 25.5 Å². The van der Waals surface area contributed by atoms with Gasteiger partial charge in [-0.2, -0.15) is 0 Å². The number of rotatable bonds is 4. The Morgan fingerprint density at radius 1 is 1.28 bits per heavy atom. The summed E-state index contributed by atoms with van der Waals surface area (Å²) < 4.78 is 0. The zero-order chi connectivity index (χ0) is 13.0. The molecule has 94 valence electrons. The summed E-state index contributed by atoms with van der Waals surface area (Å²) >= 11 is 0. The molecule has 2 rings (SSSR count). The number of aryl methyl sites for hydroxylation is 2. The van der Waals surface area contributed by atoms with Crippen LogP contribution in [0, 0.1) is 13.8 Å². The predicted molar refractivity (Wildman–Crippen MR) is 71.4 cm³/mol. The van der Waals surface area contributed by atoms with Crippen LogP contribution >= 0.6 is 0 Å². The van der Waals surface area contributed by atoms with Crippen molar-refractivity contribution in [2.45, 2.75) is 20.0 Å². The molecule has 0 amide bonds. The minimum Gasteiger partial charge on any atom is -0.387 e. The van der Waals surface area contributed by atoms with E-state index in [1.54, 1.807) is 6.20 Å². The average molecular weight is 243 g/mol. The molecule has 4 nitrogen and oxygen atoms in total. The molecule has 0 aliphatic carbocycles. The van der Waals surface area contributed by atoms with Crippen molar-refractivity contribution in [2.24, 2.45) is 0 Å². The fourth-order valence-corrected chi connectivity index (χ4v) is 1.72. The van der Waals surface area contributed by atoms with Crippen LogP contribution in [0.3, 0.4) is 0 Å². The monoisotopic (exact) mass is 243 g/mol. The molecule has 1 atom stereocenters. The van der Waals surface area contributed by atoms with Crippen molar-refractivity contribution in [3.63, 3.8) is 0 Å². The molecule has 0 bridgehead atoms. The maximum Gasteiger partial charge on any atom is 0.222 e. The fourth-order valence-electron chi connectivity index (χ4n) is 1.72. The summed E-state index contributed by atoms with van der Waals surface area (Å²) in [6.45, 7) is 4.31. The zero-order valence-electron chi connectivity index (χ0n) is 10.6. The highest BCUT2D eigenvalue weighted by molar-refractivity contribution is 5.28. The third-order valence-electron chi connectivity index (χ3n) is 2.68. The molecular weight excluding hydrogens is 226 g/mol. The minimum absolute atomic E-state index is 0.396. The van der Waals surface area contributed by atoms with Crippen LogP contribution < -0.4 is 5.32 Å². The van der Waals surface area contributed by atoms with Crippen LogP contribution in [0.5, 0.6) is 0 Å². The van der Waals surface area contributed by atoms with Crippen LogP contribution in [-0.4, -0.2) is 21.6 Å². The Morgan fingerprint density at radius 3 is 2.83 bits per heavy atom. The maximum atomic E-state index is 10.1. The Hall–Kier alpha value is -1.94. The Morgan fingerprint density at radius 2 is 2.11 bits per heavy atom. The van der Waals surface area contributed by atoms with E-state index in [-0.39, 0.29) is 0 Å². The van der Waals surface area contributed by atoms with Crippen LogP contribution in [0.4, 0.5) is 5.95 Å². The van der Waals surface area contributed by atoms with Gasteiger partial charge in [0, 0.05) is 18.4 Å². The van der Waals surface area contributed by atoms with E-state index in [0.29, 0.717) is 12.5 Å². The number of benzene rings is 1. The molecule has 0 saturated carbocycles. The van der Waals surface area contributed by atoms with E-state index in [4.69, 9.17) is 0 Å².